The minimum Gasteiger partial charge on any atom is -0.490 e. The SMILES string of the molecule is CC(CS(=O)(=O)O)(OC(=O)C1CCCc2c(OCC3CO3)cccc21)C(F)(F)F. The lowest BCUT2D eigenvalue weighted by atomic mass is 9.82. The number of carbonyl (C=O) groups is 1. The van der Waals surface area contributed by atoms with Crippen molar-refractivity contribution in [1.29, 1.82) is 0 Å². The first-order valence-corrected chi connectivity index (χ1v) is 10.6. The van der Waals surface area contributed by atoms with Crippen molar-refractivity contribution in [1.82, 2.24) is 0 Å². The van der Waals surface area contributed by atoms with Crippen molar-refractivity contribution in [3.05, 3.63) is 29.3 Å². The summed E-state index contributed by atoms with van der Waals surface area (Å²) >= 11 is 0. The molecule has 0 aromatic heterocycles. The molecule has 1 aromatic rings. The average Bonchev–Trinajstić information content (AvgIpc) is 3.41. The number of rotatable bonds is 7. The summed E-state index contributed by atoms with van der Waals surface area (Å²) in [5.74, 6) is -3.44. The van der Waals surface area contributed by atoms with E-state index >= 15 is 0 Å². The second-order valence-corrected chi connectivity index (χ2v) is 8.86. The highest BCUT2D eigenvalue weighted by molar-refractivity contribution is 7.85. The highest BCUT2D eigenvalue weighted by Gasteiger charge is 2.57. The van der Waals surface area contributed by atoms with Gasteiger partial charge in [0.1, 0.15) is 24.2 Å². The van der Waals surface area contributed by atoms with E-state index in [2.05, 4.69) is 4.74 Å². The highest BCUT2D eigenvalue weighted by Crippen LogP contribution is 2.41. The molecule has 11 heteroatoms. The van der Waals surface area contributed by atoms with Crippen LogP contribution in [0.25, 0.3) is 0 Å². The van der Waals surface area contributed by atoms with E-state index in [1.54, 1.807) is 18.2 Å². The first-order valence-electron chi connectivity index (χ1n) is 9.00. The quantitative estimate of drug-likeness (QED) is 0.397. The van der Waals surface area contributed by atoms with Crippen molar-refractivity contribution in [3.63, 3.8) is 0 Å². The third-order valence-corrected chi connectivity index (χ3v) is 5.87. The molecule has 1 aliphatic heterocycles. The molecule has 0 bridgehead atoms. The number of esters is 1. The second kappa shape index (κ2) is 7.77. The number of epoxide rings is 1. The second-order valence-electron chi connectivity index (χ2n) is 7.41. The van der Waals surface area contributed by atoms with Gasteiger partial charge in [0.05, 0.1) is 12.5 Å². The van der Waals surface area contributed by atoms with Gasteiger partial charge in [-0.2, -0.15) is 21.6 Å². The van der Waals surface area contributed by atoms with Gasteiger partial charge < -0.3 is 14.2 Å². The Bertz CT molecular complexity index is 880. The van der Waals surface area contributed by atoms with Crippen molar-refractivity contribution in [3.8, 4) is 5.75 Å². The molecule has 1 heterocycles. The van der Waals surface area contributed by atoms with Crippen LogP contribution in [0.4, 0.5) is 13.2 Å². The number of hydrogen-bond donors (Lipinski definition) is 1. The third kappa shape index (κ3) is 5.20. The van der Waals surface area contributed by atoms with Crippen molar-refractivity contribution >= 4 is 16.1 Å². The topological polar surface area (TPSA) is 102 Å². The van der Waals surface area contributed by atoms with Gasteiger partial charge in [0.2, 0.25) is 5.60 Å². The predicted octanol–water partition coefficient (Wildman–Crippen LogP) is 2.64. The molecule has 1 saturated heterocycles. The molecule has 1 N–H and O–H groups in total. The normalized spacial score (nSPS) is 23.6. The first kappa shape index (κ1) is 21.8. The summed E-state index contributed by atoms with van der Waals surface area (Å²) in [5, 5.41) is 0. The van der Waals surface area contributed by atoms with E-state index in [1.165, 1.54) is 0 Å². The van der Waals surface area contributed by atoms with Crippen LogP contribution in [-0.2, 0) is 30.8 Å². The molecule has 0 radical (unpaired) electrons. The third-order valence-electron chi connectivity index (χ3n) is 4.96. The number of benzene rings is 1. The molecule has 2 aliphatic rings. The molecular formula is C18H21F3O7S. The van der Waals surface area contributed by atoms with Crippen molar-refractivity contribution in [2.75, 3.05) is 19.0 Å². The first-order chi connectivity index (χ1) is 13.4. The average molecular weight is 438 g/mol. The summed E-state index contributed by atoms with van der Waals surface area (Å²) in [4.78, 5) is 12.6. The van der Waals surface area contributed by atoms with Crippen LogP contribution in [0.15, 0.2) is 18.2 Å². The standard InChI is InChI=1S/C18H21F3O7S/c1-17(18(19,20)21,10-29(23,24)25)28-16(22)14-6-2-5-13-12(14)4-3-7-15(13)27-9-11-8-26-11/h3-4,7,11,14H,2,5-6,8-10H2,1H3,(H,23,24,25). The molecule has 29 heavy (non-hydrogen) atoms. The minimum atomic E-state index is -5.19. The highest BCUT2D eigenvalue weighted by atomic mass is 32.2. The largest absolute Gasteiger partial charge is 0.490 e. The molecule has 3 atom stereocenters. The van der Waals surface area contributed by atoms with Gasteiger partial charge in [0.25, 0.3) is 10.1 Å². The summed E-state index contributed by atoms with van der Waals surface area (Å²) in [6, 6.07) is 4.97. The van der Waals surface area contributed by atoms with E-state index < -0.39 is 39.5 Å². The Hall–Kier alpha value is -1.85. The summed E-state index contributed by atoms with van der Waals surface area (Å²) < 4.78 is 86.7. The number of halogens is 3. The Balaban J connectivity index is 1.84. The molecule has 162 valence electrons. The van der Waals surface area contributed by atoms with Crippen LogP contribution in [0.3, 0.4) is 0 Å². The maximum Gasteiger partial charge on any atom is 0.429 e. The molecule has 0 amide bonds. The predicted molar refractivity (Wildman–Crippen MR) is 94.3 cm³/mol. The molecule has 3 unspecified atom stereocenters. The Morgan fingerprint density at radius 1 is 1.34 bits per heavy atom. The number of hydrogen-bond acceptors (Lipinski definition) is 6. The van der Waals surface area contributed by atoms with Gasteiger partial charge in [0, 0.05) is 0 Å². The zero-order valence-electron chi connectivity index (χ0n) is 15.6. The van der Waals surface area contributed by atoms with Gasteiger partial charge in [-0.25, -0.2) is 0 Å². The van der Waals surface area contributed by atoms with Crippen LogP contribution in [0.1, 0.15) is 36.8 Å². The van der Waals surface area contributed by atoms with Crippen LogP contribution in [-0.4, -0.2) is 55.8 Å². The fraction of sp³-hybridized carbons (Fsp3) is 0.611. The fourth-order valence-corrected chi connectivity index (χ4v) is 4.27. The van der Waals surface area contributed by atoms with Crippen molar-refractivity contribution in [2.24, 2.45) is 0 Å². The van der Waals surface area contributed by atoms with Crippen LogP contribution in [0.5, 0.6) is 5.75 Å². The molecule has 7 nitrogen and oxygen atoms in total. The zero-order chi connectivity index (χ0) is 21.4. The maximum absolute atomic E-state index is 13.4. The van der Waals surface area contributed by atoms with Crippen molar-refractivity contribution < 1.29 is 45.1 Å². The van der Waals surface area contributed by atoms with Gasteiger partial charge in [-0.15, -0.1) is 0 Å². The van der Waals surface area contributed by atoms with E-state index in [0.717, 1.165) is 0 Å². The summed E-state index contributed by atoms with van der Waals surface area (Å²) in [5.41, 5.74) is -2.16. The molecule has 1 fully saturated rings. The van der Waals surface area contributed by atoms with E-state index in [4.69, 9.17) is 14.0 Å². The maximum atomic E-state index is 13.4. The van der Waals surface area contributed by atoms with Gasteiger partial charge >= 0.3 is 12.1 Å². The van der Waals surface area contributed by atoms with Gasteiger partial charge in [-0.3, -0.25) is 9.35 Å². The van der Waals surface area contributed by atoms with Gasteiger partial charge in [-0.05, 0) is 43.4 Å². The van der Waals surface area contributed by atoms with Crippen LogP contribution in [0.2, 0.25) is 0 Å². The van der Waals surface area contributed by atoms with Crippen molar-refractivity contribution in [2.45, 2.75) is 50.0 Å². The monoisotopic (exact) mass is 438 g/mol. The number of fused-ring (bicyclic) bond motifs is 1. The lowest BCUT2D eigenvalue weighted by Gasteiger charge is -2.33. The summed E-state index contributed by atoms with van der Waals surface area (Å²) in [6.45, 7) is 1.37. The zero-order valence-corrected chi connectivity index (χ0v) is 16.4. The number of carbonyl (C=O) groups excluding carboxylic acids is 1. The van der Waals surface area contributed by atoms with E-state index in [-0.39, 0.29) is 12.5 Å². The Labute approximate surface area is 165 Å². The summed E-state index contributed by atoms with van der Waals surface area (Å²) in [7, 11) is -5.05. The smallest absolute Gasteiger partial charge is 0.429 e. The van der Waals surface area contributed by atoms with E-state index in [9.17, 15) is 26.4 Å². The van der Waals surface area contributed by atoms with Crippen LogP contribution >= 0.6 is 0 Å². The van der Waals surface area contributed by atoms with Gasteiger partial charge in [0.15, 0.2) is 0 Å². The van der Waals surface area contributed by atoms with E-state index in [1.807, 2.05) is 0 Å². The Kier molecular flexibility index (Phi) is 5.85. The number of ether oxygens (including phenoxy) is 3. The Morgan fingerprint density at radius 2 is 2.03 bits per heavy atom. The molecule has 1 aromatic carbocycles. The lowest BCUT2D eigenvalue weighted by Crippen LogP contribution is -2.52. The number of alkyl halides is 3. The summed E-state index contributed by atoms with van der Waals surface area (Å²) in [6.07, 6.45) is -3.81. The molecule has 3 rings (SSSR count). The molecule has 0 saturated carbocycles. The minimum absolute atomic E-state index is 0.0168. The molecule has 1 aliphatic carbocycles. The molecular weight excluding hydrogens is 417 g/mol. The van der Waals surface area contributed by atoms with Crippen LogP contribution < -0.4 is 4.74 Å². The molecule has 0 spiro atoms. The lowest BCUT2D eigenvalue weighted by molar-refractivity contribution is -0.256. The van der Waals surface area contributed by atoms with Crippen LogP contribution in [0, 0.1) is 0 Å². The Morgan fingerprint density at radius 3 is 2.62 bits per heavy atom. The fourth-order valence-electron chi connectivity index (χ4n) is 3.35. The van der Waals surface area contributed by atoms with E-state index in [0.29, 0.717) is 49.9 Å². The van der Waals surface area contributed by atoms with Gasteiger partial charge in [-0.1, -0.05) is 12.1 Å².